The minimum Gasteiger partial charge on any atom is -0.480 e. The van der Waals surface area contributed by atoms with Crippen LogP contribution in [0.2, 0.25) is 0 Å². The van der Waals surface area contributed by atoms with E-state index >= 15 is 0 Å². The van der Waals surface area contributed by atoms with Gasteiger partial charge in [-0.3, -0.25) is 10.1 Å². The maximum Gasteiger partial charge on any atom is 0.326 e. The monoisotopic (exact) mass is 349 g/mol. The van der Waals surface area contributed by atoms with E-state index in [4.69, 9.17) is 5.11 Å². The van der Waals surface area contributed by atoms with Crippen LogP contribution in [0, 0.1) is 0 Å². The Balaban J connectivity index is 1.55. The van der Waals surface area contributed by atoms with Crippen LogP contribution in [0.5, 0.6) is 0 Å². The normalized spacial score (nSPS) is 20.6. The molecular formula is C19H31N3O3. The summed E-state index contributed by atoms with van der Waals surface area (Å²) in [4.78, 5) is 22.0. The molecule has 0 spiro atoms. The summed E-state index contributed by atoms with van der Waals surface area (Å²) < 4.78 is 0. The lowest BCUT2D eigenvalue weighted by Gasteiger charge is -2.32. The van der Waals surface area contributed by atoms with Crippen molar-refractivity contribution in [1.29, 1.82) is 0 Å². The average molecular weight is 349 g/mol. The number of dihydropyridines is 1. The predicted molar refractivity (Wildman–Crippen MR) is 97.9 cm³/mol. The first-order valence-electron chi connectivity index (χ1n) is 9.45. The van der Waals surface area contributed by atoms with Gasteiger partial charge in [0.25, 0.3) is 0 Å². The van der Waals surface area contributed by atoms with E-state index in [2.05, 4.69) is 28.1 Å². The number of hydrogen-bond acceptors (Lipinski definition) is 4. The molecule has 2 rings (SSSR count). The minimum absolute atomic E-state index is 0.287. The fraction of sp³-hybridized carbons (Fsp3) is 0.684. The molecule has 0 aromatic rings. The zero-order chi connectivity index (χ0) is 18.1. The Labute approximate surface area is 150 Å². The Morgan fingerprint density at radius 1 is 1.24 bits per heavy atom. The number of amides is 1. The summed E-state index contributed by atoms with van der Waals surface area (Å²) in [5.41, 5.74) is 2.77. The second kappa shape index (κ2) is 10.2. The predicted octanol–water partition coefficient (Wildman–Crippen LogP) is 2.43. The first-order valence-corrected chi connectivity index (χ1v) is 9.45. The van der Waals surface area contributed by atoms with E-state index in [9.17, 15) is 9.59 Å². The SMILES string of the molecule is CC(=O)N[C@@H](CCCCCCCC1=CC=C2CCCNC2N1)C(=O)O. The number of carbonyl (C=O) groups is 2. The van der Waals surface area contributed by atoms with Gasteiger partial charge in [-0.1, -0.05) is 31.8 Å². The summed E-state index contributed by atoms with van der Waals surface area (Å²) in [7, 11) is 0. The van der Waals surface area contributed by atoms with Gasteiger partial charge in [0.1, 0.15) is 6.04 Å². The van der Waals surface area contributed by atoms with Crippen LogP contribution in [0.3, 0.4) is 0 Å². The van der Waals surface area contributed by atoms with E-state index in [1.807, 2.05) is 0 Å². The number of fused-ring (bicyclic) bond motifs is 1. The molecule has 2 aliphatic rings. The Hall–Kier alpha value is -1.82. The molecule has 0 aromatic carbocycles. The molecule has 1 amide bonds. The van der Waals surface area contributed by atoms with Crippen molar-refractivity contribution in [2.45, 2.75) is 76.9 Å². The van der Waals surface area contributed by atoms with Gasteiger partial charge in [0, 0.05) is 12.6 Å². The average Bonchev–Trinajstić information content (AvgIpc) is 2.59. The fourth-order valence-corrected chi connectivity index (χ4v) is 3.43. The molecule has 4 N–H and O–H groups in total. The highest BCUT2D eigenvalue weighted by Crippen LogP contribution is 2.21. The molecule has 0 bridgehead atoms. The second-order valence-corrected chi connectivity index (χ2v) is 6.97. The molecule has 2 atom stereocenters. The van der Waals surface area contributed by atoms with Gasteiger partial charge < -0.3 is 15.7 Å². The highest BCUT2D eigenvalue weighted by Gasteiger charge is 2.20. The molecule has 2 heterocycles. The number of unbranched alkanes of at least 4 members (excludes halogenated alkanes) is 4. The molecule has 6 nitrogen and oxygen atoms in total. The molecular weight excluding hydrogens is 318 g/mol. The first kappa shape index (κ1) is 19.5. The minimum atomic E-state index is -0.950. The van der Waals surface area contributed by atoms with Crippen molar-refractivity contribution in [2.75, 3.05) is 6.54 Å². The van der Waals surface area contributed by atoms with Gasteiger partial charge in [-0.25, -0.2) is 4.79 Å². The molecule has 1 fully saturated rings. The Morgan fingerprint density at radius 3 is 2.76 bits per heavy atom. The van der Waals surface area contributed by atoms with Crippen LogP contribution < -0.4 is 16.0 Å². The lowest BCUT2D eigenvalue weighted by atomic mass is 9.98. The maximum absolute atomic E-state index is 11.0. The van der Waals surface area contributed by atoms with Crippen LogP contribution in [0.25, 0.3) is 0 Å². The molecule has 0 saturated carbocycles. The molecule has 1 unspecified atom stereocenters. The summed E-state index contributed by atoms with van der Waals surface area (Å²) in [6.07, 6.45) is 14.0. The largest absolute Gasteiger partial charge is 0.480 e. The molecule has 25 heavy (non-hydrogen) atoms. The van der Waals surface area contributed by atoms with E-state index in [1.165, 1.54) is 31.0 Å². The number of piperidine rings is 1. The number of rotatable bonds is 10. The van der Waals surface area contributed by atoms with Crippen molar-refractivity contribution in [3.63, 3.8) is 0 Å². The van der Waals surface area contributed by atoms with Crippen LogP contribution >= 0.6 is 0 Å². The number of carboxylic acids is 1. The molecule has 2 aliphatic heterocycles. The summed E-state index contributed by atoms with van der Waals surface area (Å²) >= 11 is 0. The summed E-state index contributed by atoms with van der Waals surface area (Å²) in [6, 6.07) is -0.752. The Morgan fingerprint density at radius 2 is 2.00 bits per heavy atom. The number of hydrogen-bond donors (Lipinski definition) is 4. The second-order valence-electron chi connectivity index (χ2n) is 6.97. The van der Waals surface area contributed by atoms with Crippen LogP contribution in [0.4, 0.5) is 0 Å². The van der Waals surface area contributed by atoms with Crippen molar-refractivity contribution >= 4 is 11.9 Å². The highest BCUT2D eigenvalue weighted by molar-refractivity contribution is 5.81. The molecule has 6 heteroatoms. The van der Waals surface area contributed by atoms with Gasteiger partial charge in [-0.05, 0) is 50.3 Å². The van der Waals surface area contributed by atoms with Crippen molar-refractivity contribution < 1.29 is 14.7 Å². The Kier molecular flexibility index (Phi) is 7.98. The topological polar surface area (TPSA) is 90.5 Å². The van der Waals surface area contributed by atoms with E-state index < -0.39 is 12.0 Å². The summed E-state index contributed by atoms with van der Waals surface area (Å²) in [5.74, 6) is -1.24. The van der Waals surface area contributed by atoms with Gasteiger partial charge in [0.15, 0.2) is 0 Å². The third-order valence-electron chi connectivity index (χ3n) is 4.80. The lowest BCUT2D eigenvalue weighted by molar-refractivity contribution is -0.141. The van der Waals surface area contributed by atoms with Crippen LogP contribution in [-0.2, 0) is 9.59 Å². The van der Waals surface area contributed by atoms with Crippen molar-refractivity contribution in [2.24, 2.45) is 0 Å². The van der Waals surface area contributed by atoms with E-state index in [-0.39, 0.29) is 5.91 Å². The lowest BCUT2D eigenvalue weighted by Crippen LogP contribution is -2.47. The quantitative estimate of drug-likeness (QED) is 0.455. The van der Waals surface area contributed by atoms with Gasteiger partial charge >= 0.3 is 5.97 Å². The number of aliphatic carboxylic acids is 1. The molecule has 140 valence electrons. The molecule has 1 saturated heterocycles. The van der Waals surface area contributed by atoms with Gasteiger partial charge in [0.05, 0.1) is 6.17 Å². The van der Waals surface area contributed by atoms with E-state index in [0.717, 1.165) is 45.1 Å². The fourth-order valence-electron chi connectivity index (χ4n) is 3.43. The van der Waals surface area contributed by atoms with Gasteiger partial charge in [-0.2, -0.15) is 0 Å². The van der Waals surface area contributed by atoms with Gasteiger partial charge in [-0.15, -0.1) is 0 Å². The van der Waals surface area contributed by atoms with Crippen molar-refractivity contribution in [1.82, 2.24) is 16.0 Å². The maximum atomic E-state index is 11.0. The molecule has 0 aromatic heterocycles. The standard InChI is InChI=1S/C19H31N3O3/c1-14(23)21-17(19(24)25)10-6-4-2-3-5-9-16-12-11-15-8-7-13-20-18(15)22-16/h11-12,17-18,20,22H,2-10,13H2,1H3,(H,21,23)(H,24,25)/t17-,18?/m0/s1. The summed E-state index contributed by atoms with van der Waals surface area (Å²) in [5, 5.41) is 18.6. The van der Waals surface area contributed by atoms with Crippen molar-refractivity contribution in [3.8, 4) is 0 Å². The van der Waals surface area contributed by atoms with Crippen LogP contribution in [-0.4, -0.2) is 35.7 Å². The smallest absolute Gasteiger partial charge is 0.326 e. The van der Waals surface area contributed by atoms with Crippen molar-refractivity contribution in [3.05, 3.63) is 23.4 Å². The summed E-state index contributed by atoms with van der Waals surface area (Å²) in [6.45, 7) is 2.43. The van der Waals surface area contributed by atoms with E-state index in [1.54, 1.807) is 0 Å². The number of carboxylic acid groups (broad SMARTS) is 1. The zero-order valence-electron chi connectivity index (χ0n) is 15.1. The third kappa shape index (κ3) is 6.90. The highest BCUT2D eigenvalue weighted by atomic mass is 16.4. The van der Waals surface area contributed by atoms with Gasteiger partial charge in [0.2, 0.25) is 5.91 Å². The number of carbonyl (C=O) groups excluding carboxylic acids is 1. The zero-order valence-corrected chi connectivity index (χ0v) is 15.1. The first-order chi connectivity index (χ1) is 12.1. The number of nitrogens with one attached hydrogen (secondary N) is 3. The van der Waals surface area contributed by atoms with Crippen LogP contribution in [0.15, 0.2) is 23.4 Å². The van der Waals surface area contributed by atoms with E-state index in [0.29, 0.717) is 12.6 Å². The molecule has 0 aliphatic carbocycles. The van der Waals surface area contributed by atoms with Crippen LogP contribution in [0.1, 0.15) is 64.7 Å². The third-order valence-corrected chi connectivity index (χ3v) is 4.80. The Bertz CT molecular complexity index is 528. The number of allylic oxidation sites excluding steroid dienone is 3. The molecule has 0 radical (unpaired) electrons.